The second kappa shape index (κ2) is 6.05. The van der Waals surface area contributed by atoms with Crippen molar-refractivity contribution >= 4 is 11.6 Å². The Bertz CT molecular complexity index is 747. The van der Waals surface area contributed by atoms with Crippen LogP contribution in [0, 0.1) is 0 Å². The van der Waals surface area contributed by atoms with Gasteiger partial charge >= 0.3 is 0 Å². The Morgan fingerprint density at radius 3 is 1.82 bits per heavy atom. The molecule has 0 saturated carbocycles. The summed E-state index contributed by atoms with van der Waals surface area (Å²) >= 11 is 0. The minimum absolute atomic E-state index is 0.0804. The van der Waals surface area contributed by atoms with Gasteiger partial charge < -0.3 is 0 Å². The fourth-order valence-corrected chi connectivity index (χ4v) is 2.02. The quantitative estimate of drug-likeness (QED) is 0.689. The molecule has 3 aromatic rings. The molecule has 5 nitrogen and oxygen atoms in total. The van der Waals surface area contributed by atoms with Crippen LogP contribution in [0.15, 0.2) is 67.1 Å². The number of carbonyl (C=O) groups is 2. The van der Waals surface area contributed by atoms with Crippen molar-refractivity contribution in [3.05, 3.63) is 89.8 Å². The molecule has 5 heteroatoms. The third kappa shape index (κ3) is 2.64. The van der Waals surface area contributed by atoms with Gasteiger partial charge in [-0.1, -0.05) is 12.1 Å². The molecule has 0 aliphatic heterocycles. The molecular weight excluding hydrogens is 278 g/mol. The van der Waals surface area contributed by atoms with Gasteiger partial charge in [0.25, 0.3) is 0 Å². The number of pyridine rings is 3. The highest BCUT2D eigenvalue weighted by Crippen LogP contribution is 2.14. The van der Waals surface area contributed by atoms with Crippen molar-refractivity contribution in [1.82, 2.24) is 15.0 Å². The lowest BCUT2D eigenvalue weighted by atomic mass is 10.0. The number of rotatable bonds is 4. The summed E-state index contributed by atoms with van der Waals surface area (Å²) < 4.78 is 0. The van der Waals surface area contributed by atoms with Gasteiger partial charge in [-0.3, -0.25) is 24.5 Å². The van der Waals surface area contributed by atoms with E-state index in [1.807, 2.05) is 0 Å². The van der Waals surface area contributed by atoms with Crippen molar-refractivity contribution < 1.29 is 9.59 Å². The molecule has 3 rings (SSSR count). The molecule has 0 N–H and O–H groups in total. The van der Waals surface area contributed by atoms with E-state index in [1.54, 1.807) is 48.5 Å². The maximum atomic E-state index is 12.5. The van der Waals surface area contributed by atoms with Crippen LogP contribution in [-0.4, -0.2) is 26.5 Å². The van der Waals surface area contributed by atoms with Gasteiger partial charge in [-0.05, 0) is 36.4 Å². The maximum absolute atomic E-state index is 12.5. The number of carbonyl (C=O) groups excluding carboxylic acids is 2. The molecule has 0 saturated heterocycles. The Morgan fingerprint density at radius 2 is 1.23 bits per heavy atom. The van der Waals surface area contributed by atoms with Gasteiger partial charge in [-0.25, -0.2) is 0 Å². The van der Waals surface area contributed by atoms with Crippen molar-refractivity contribution in [3.63, 3.8) is 0 Å². The fraction of sp³-hybridized carbons (Fsp3) is 0. The van der Waals surface area contributed by atoms with E-state index in [0.717, 1.165) is 0 Å². The SMILES string of the molecule is O=C(c1ccccn1)c1cccnc1C(=O)c1ccccn1. The monoisotopic (exact) mass is 289 g/mol. The molecule has 0 amide bonds. The minimum atomic E-state index is -0.388. The molecular formula is C17H11N3O2. The number of hydrogen-bond donors (Lipinski definition) is 0. The summed E-state index contributed by atoms with van der Waals surface area (Å²) in [5, 5.41) is 0. The summed E-state index contributed by atoms with van der Waals surface area (Å²) in [6, 6.07) is 13.2. The van der Waals surface area contributed by atoms with Crippen LogP contribution in [0.3, 0.4) is 0 Å². The smallest absolute Gasteiger partial charge is 0.230 e. The lowest BCUT2D eigenvalue weighted by Gasteiger charge is -2.06. The lowest BCUT2D eigenvalue weighted by Crippen LogP contribution is -2.14. The summed E-state index contributed by atoms with van der Waals surface area (Å²) in [6.07, 6.45) is 4.53. The van der Waals surface area contributed by atoms with Crippen molar-refractivity contribution in [2.24, 2.45) is 0 Å². The lowest BCUT2D eigenvalue weighted by molar-refractivity contribution is 0.0995. The standard InChI is InChI=1S/C17H11N3O2/c21-16(13-7-1-3-9-18-13)12-6-5-11-20-15(12)17(22)14-8-2-4-10-19-14/h1-11H. The van der Waals surface area contributed by atoms with E-state index >= 15 is 0 Å². The van der Waals surface area contributed by atoms with Crippen LogP contribution < -0.4 is 0 Å². The topological polar surface area (TPSA) is 72.8 Å². The summed E-state index contributed by atoms with van der Waals surface area (Å²) in [7, 11) is 0. The van der Waals surface area contributed by atoms with Crippen LogP contribution in [0.25, 0.3) is 0 Å². The molecule has 0 bridgehead atoms. The first kappa shape index (κ1) is 13.8. The van der Waals surface area contributed by atoms with Crippen LogP contribution in [0.4, 0.5) is 0 Å². The van der Waals surface area contributed by atoms with Crippen molar-refractivity contribution in [2.45, 2.75) is 0 Å². The number of nitrogens with zero attached hydrogens (tertiary/aromatic N) is 3. The molecule has 106 valence electrons. The van der Waals surface area contributed by atoms with Crippen LogP contribution >= 0.6 is 0 Å². The molecule has 0 radical (unpaired) electrons. The zero-order valence-corrected chi connectivity index (χ0v) is 11.5. The van der Waals surface area contributed by atoms with E-state index < -0.39 is 0 Å². The van der Waals surface area contributed by atoms with Crippen LogP contribution in [-0.2, 0) is 0 Å². The van der Waals surface area contributed by atoms with E-state index in [9.17, 15) is 9.59 Å². The van der Waals surface area contributed by atoms with Crippen molar-refractivity contribution in [3.8, 4) is 0 Å². The average molecular weight is 289 g/mol. The Hall–Kier alpha value is -3.21. The third-order valence-corrected chi connectivity index (χ3v) is 3.06. The van der Waals surface area contributed by atoms with Gasteiger partial charge in [0.2, 0.25) is 11.6 Å². The summed E-state index contributed by atoms with van der Waals surface area (Å²) in [6.45, 7) is 0. The first-order valence-electron chi connectivity index (χ1n) is 6.64. The molecule has 0 fully saturated rings. The Labute approximate surface area is 126 Å². The van der Waals surface area contributed by atoms with E-state index in [2.05, 4.69) is 15.0 Å². The van der Waals surface area contributed by atoms with Gasteiger partial charge in [0.1, 0.15) is 17.1 Å². The van der Waals surface area contributed by atoms with E-state index in [-0.39, 0.29) is 34.2 Å². The van der Waals surface area contributed by atoms with Gasteiger partial charge in [-0.2, -0.15) is 0 Å². The van der Waals surface area contributed by atoms with E-state index in [1.165, 1.54) is 18.6 Å². The van der Waals surface area contributed by atoms with Gasteiger partial charge in [0, 0.05) is 18.6 Å². The molecule has 3 heterocycles. The fourth-order valence-electron chi connectivity index (χ4n) is 2.02. The van der Waals surface area contributed by atoms with E-state index in [4.69, 9.17) is 0 Å². The first-order valence-corrected chi connectivity index (χ1v) is 6.64. The normalized spacial score (nSPS) is 10.2. The number of ketones is 2. The highest BCUT2D eigenvalue weighted by Gasteiger charge is 2.21. The molecule has 0 aliphatic rings. The predicted octanol–water partition coefficient (Wildman–Crippen LogP) is 2.33. The third-order valence-electron chi connectivity index (χ3n) is 3.06. The minimum Gasteiger partial charge on any atom is -0.287 e. The van der Waals surface area contributed by atoms with E-state index in [0.29, 0.717) is 0 Å². The molecule has 3 aromatic heterocycles. The average Bonchev–Trinajstić information content (AvgIpc) is 2.62. The summed E-state index contributed by atoms with van der Waals surface area (Å²) in [5.74, 6) is -0.728. The van der Waals surface area contributed by atoms with Crippen LogP contribution in [0.5, 0.6) is 0 Å². The zero-order valence-electron chi connectivity index (χ0n) is 11.5. The molecule has 0 aliphatic carbocycles. The maximum Gasteiger partial charge on any atom is 0.230 e. The van der Waals surface area contributed by atoms with Crippen LogP contribution in [0.2, 0.25) is 0 Å². The number of hydrogen-bond acceptors (Lipinski definition) is 5. The highest BCUT2D eigenvalue weighted by atomic mass is 16.1. The summed E-state index contributed by atoms with van der Waals surface area (Å²) in [5.41, 5.74) is 0.815. The van der Waals surface area contributed by atoms with Crippen LogP contribution in [0.1, 0.15) is 32.2 Å². The Kier molecular flexibility index (Phi) is 3.78. The summed E-state index contributed by atoms with van der Waals surface area (Å²) in [4.78, 5) is 37.1. The zero-order chi connectivity index (χ0) is 15.4. The van der Waals surface area contributed by atoms with Crippen molar-refractivity contribution in [2.75, 3.05) is 0 Å². The first-order chi connectivity index (χ1) is 10.8. The molecule has 22 heavy (non-hydrogen) atoms. The van der Waals surface area contributed by atoms with Crippen molar-refractivity contribution in [1.29, 1.82) is 0 Å². The van der Waals surface area contributed by atoms with Gasteiger partial charge in [-0.15, -0.1) is 0 Å². The molecule has 0 unspecified atom stereocenters. The Balaban J connectivity index is 2.04. The second-order valence-electron chi connectivity index (χ2n) is 4.49. The second-order valence-corrected chi connectivity index (χ2v) is 4.49. The van der Waals surface area contributed by atoms with Gasteiger partial charge in [0.05, 0.1) is 5.56 Å². The largest absolute Gasteiger partial charge is 0.287 e. The Morgan fingerprint density at radius 1 is 0.636 bits per heavy atom. The number of aromatic nitrogens is 3. The highest BCUT2D eigenvalue weighted by molar-refractivity contribution is 6.17. The molecule has 0 spiro atoms. The van der Waals surface area contributed by atoms with Gasteiger partial charge in [0.15, 0.2) is 0 Å². The molecule has 0 atom stereocenters. The predicted molar refractivity (Wildman–Crippen MR) is 79.6 cm³/mol. The molecule has 0 aromatic carbocycles.